The molecule has 13 nitrogen and oxygen atoms in total. The number of amides is 2. The molecule has 5 rings (SSSR count). The third-order valence-electron chi connectivity index (χ3n) is 8.29. The average Bonchev–Trinajstić information content (AvgIpc) is 3.52. The molecule has 2 amide bonds. The number of nitrogens with one attached hydrogen (secondary N) is 2. The molecule has 2 atom stereocenters. The van der Waals surface area contributed by atoms with Gasteiger partial charge in [0.2, 0.25) is 17.8 Å². The number of aryl methyl sites for hydroxylation is 1. The van der Waals surface area contributed by atoms with Crippen LogP contribution in [0.1, 0.15) is 6.42 Å². The van der Waals surface area contributed by atoms with Gasteiger partial charge in [0.1, 0.15) is 17.1 Å². The van der Waals surface area contributed by atoms with Crippen molar-refractivity contribution in [1.82, 2.24) is 29.7 Å². The van der Waals surface area contributed by atoms with E-state index in [9.17, 15) is 14.4 Å². The van der Waals surface area contributed by atoms with E-state index in [1.54, 1.807) is 27.8 Å². The molecule has 2 fully saturated rings. The Kier molecular flexibility index (Phi) is 11.0. The number of anilines is 1. The molecule has 2 saturated heterocycles. The number of carbonyl (C=O) groups is 2. The van der Waals surface area contributed by atoms with Crippen LogP contribution in [0.2, 0.25) is 10.0 Å². The number of pyridine rings is 1. The van der Waals surface area contributed by atoms with Crippen LogP contribution in [0.25, 0.3) is 22.2 Å². The van der Waals surface area contributed by atoms with Crippen LogP contribution in [0, 0.1) is 0 Å². The lowest BCUT2D eigenvalue weighted by Crippen LogP contribution is -2.48. The number of fused-ring (bicyclic) bond motifs is 1. The third-order valence-corrected chi connectivity index (χ3v) is 9.04. The minimum atomic E-state index is -0.358. The van der Waals surface area contributed by atoms with Crippen molar-refractivity contribution < 1.29 is 23.8 Å². The molecular weight excluding hydrogens is 649 g/mol. The van der Waals surface area contributed by atoms with Gasteiger partial charge in [-0.2, -0.15) is 4.98 Å². The van der Waals surface area contributed by atoms with Crippen molar-refractivity contribution in [3.05, 3.63) is 64.0 Å². The number of halogens is 2. The zero-order valence-corrected chi connectivity index (χ0v) is 27.8. The molecular formula is C32H37Cl2N7O6. The standard InChI is InChI=1S/C32H37Cl2N7O6/c1-5-25(42)36-21-17-47-18-22(21)37-32-35-16-19-14-20(27-28(33)23(45-3)15-24(46-4)29(27)34)31(44)41(30(19)38-32)9-7-8-39-10-12-40(13-11-39)26(43)6-2/h5-6,14-16,21-22H,1-2,7-13,17-18H2,3-4H3,(H,36,42)(H,35,37,38)/t21-,22+/m0/s1. The van der Waals surface area contributed by atoms with Crippen molar-refractivity contribution in [3.8, 4) is 22.6 Å². The first-order valence-electron chi connectivity index (χ1n) is 15.1. The van der Waals surface area contributed by atoms with Gasteiger partial charge in [0.15, 0.2) is 0 Å². The first kappa shape index (κ1) is 34.2. The summed E-state index contributed by atoms with van der Waals surface area (Å²) in [6, 6.07) is 2.60. The molecule has 0 bridgehead atoms. The first-order chi connectivity index (χ1) is 22.7. The molecule has 47 heavy (non-hydrogen) atoms. The zero-order valence-electron chi connectivity index (χ0n) is 26.3. The van der Waals surface area contributed by atoms with Gasteiger partial charge in [0, 0.05) is 55.9 Å². The fourth-order valence-electron chi connectivity index (χ4n) is 5.76. The second kappa shape index (κ2) is 15.2. The number of benzene rings is 1. The second-order valence-electron chi connectivity index (χ2n) is 11.1. The van der Waals surface area contributed by atoms with Gasteiger partial charge in [-0.15, -0.1) is 0 Å². The fraction of sp³-hybridized carbons (Fsp3) is 0.406. The van der Waals surface area contributed by atoms with Crippen LogP contribution in [0.5, 0.6) is 11.5 Å². The number of rotatable bonds is 12. The van der Waals surface area contributed by atoms with Crippen molar-refractivity contribution in [2.75, 3.05) is 65.5 Å². The molecule has 0 radical (unpaired) electrons. The normalized spacial score (nSPS) is 18.2. The Morgan fingerprint density at radius 1 is 1.02 bits per heavy atom. The van der Waals surface area contributed by atoms with Gasteiger partial charge in [-0.25, -0.2) is 4.98 Å². The number of hydrogen-bond donors (Lipinski definition) is 2. The number of aromatic nitrogens is 3. The van der Waals surface area contributed by atoms with E-state index in [0.717, 1.165) is 0 Å². The predicted octanol–water partition coefficient (Wildman–Crippen LogP) is 2.98. The van der Waals surface area contributed by atoms with Crippen LogP contribution in [0.3, 0.4) is 0 Å². The highest BCUT2D eigenvalue weighted by Crippen LogP contribution is 2.45. The topological polar surface area (TPSA) is 140 Å². The van der Waals surface area contributed by atoms with Crippen LogP contribution in [0.15, 0.2) is 48.4 Å². The van der Waals surface area contributed by atoms with Gasteiger partial charge in [0.05, 0.1) is 55.1 Å². The number of ether oxygens (including phenoxy) is 3. The van der Waals surface area contributed by atoms with Gasteiger partial charge in [-0.3, -0.25) is 23.9 Å². The summed E-state index contributed by atoms with van der Waals surface area (Å²) in [6.45, 7) is 11.4. The quantitative estimate of drug-likeness (QED) is 0.274. The van der Waals surface area contributed by atoms with E-state index >= 15 is 0 Å². The van der Waals surface area contributed by atoms with Crippen molar-refractivity contribution in [3.63, 3.8) is 0 Å². The third kappa shape index (κ3) is 7.38. The molecule has 2 N–H and O–H groups in total. The fourth-order valence-corrected chi connectivity index (χ4v) is 6.46. The highest BCUT2D eigenvalue weighted by Gasteiger charge is 2.30. The summed E-state index contributed by atoms with van der Waals surface area (Å²) in [7, 11) is 2.94. The predicted molar refractivity (Wildman–Crippen MR) is 181 cm³/mol. The van der Waals surface area contributed by atoms with Crippen LogP contribution in [0.4, 0.5) is 5.95 Å². The number of hydrogen-bond acceptors (Lipinski definition) is 10. The average molecular weight is 687 g/mol. The summed E-state index contributed by atoms with van der Waals surface area (Å²) in [6.07, 6.45) is 4.77. The molecule has 3 aromatic rings. The summed E-state index contributed by atoms with van der Waals surface area (Å²) in [4.78, 5) is 51.5. The first-order valence-corrected chi connectivity index (χ1v) is 15.9. The Bertz CT molecular complexity index is 1710. The van der Waals surface area contributed by atoms with Crippen LogP contribution >= 0.6 is 23.2 Å². The van der Waals surface area contributed by atoms with E-state index in [4.69, 9.17) is 42.4 Å². The Balaban J connectivity index is 1.50. The van der Waals surface area contributed by atoms with E-state index in [1.165, 1.54) is 26.4 Å². The summed E-state index contributed by atoms with van der Waals surface area (Å²) >= 11 is 13.5. The summed E-state index contributed by atoms with van der Waals surface area (Å²) < 4.78 is 18.1. The van der Waals surface area contributed by atoms with Gasteiger partial charge in [-0.05, 0) is 31.2 Å². The van der Waals surface area contributed by atoms with Crippen LogP contribution in [-0.4, -0.2) is 108 Å². The van der Waals surface area contributed by atoms with E-state index in [1.807, 2.05) is 0 Å². The lowest BCUT2D eigenvalue weighted by molar-refractivity contribution is -0.127. The second-order valence-corrected chi connectivity index (χ2v) is 11.9. The molecule has 2 aliphatic heterocycles. The number of piperazine rings is 1. The maximum Gasteiger partial charge on any atom is 0.260 e. The largest absolute Gasteiger partial charge is 0.495 e. The minimum Gasteiger partial charge on any atom is -0.495 e. The molecule has 4 heterocycles. The van der Waals surface area contributed by atoms with Gasteiger partial charge in [0.25, 0.3) is 5.56 Å². The smallest absolute Gasteiger partial charge is 0.260 e. The van der Waals surface area contributed by atoms with Crippen LogP contribution < -0.4 is 25.7 Å². The molecule has 0 saturated carbocycles. The SMILES string of the molecule is C=CC(=O)N[C@H]1COC[C@H]1Nc1ncc2cc(-c3c(Cl)c(OC)cc(OC)c3Cl)c(=O)n(CCCN3CCN(C(=O)C=C)CC3)c2n1. The number of methoxy groups -OCH3 is 2. The monoisotopic (exact) mass is 685 g/mol. The Morgan fingerprint density at radius 2 is 1.70 bits per heavy atom. The van der Waals surface area contributed by atoms with Crippen molar-refractivity contribution >= 4 is 52.0 Å². The van der Waals surface area contributed by atoms with Gasteiger partial charge >= 0.3 is 0 Å². The van der Waals surface area contributed by atoms with Crippen LogP contribution in [-0.2, 0) is 20.9 Å². The molecule has 15 heteroatoms. The summed E-state index contributed by atoms with van der Waals surface area (Å²) in [5.74, 6) is 0.488. The number of carbonyl (C=O) groups excluding carboxylic acids is 2. The molecule has 0 aliphatic carbocycles. The Morgan fingerprint density at radius 3 is 2.34 bits per heavy atom. The molecule has 250 valence electrons. The Labute approximate surface area is 282 Å². The van der Waals surface area contributed by atoms with E-state index < -0.39 is 0 Å². The molecule has 0 unspecified atom stereocenters. The van der Waals surface area contributed by atoms with Gasteiger partial charge < -0.3 is 29.7 Å². The molecule has 0 spiro atoms. The molecule has 1 aromatic carbocycles. The van der Waals surface area contributed by atoms with Crippen molar-refractivity contribution in [1.29, 1.82) is 0 Å². The number of nitrogens with zero attached hydrogens (tertiary/aromatic N) is 5. The lowest BCUT2D eigenvalue weighted by Gasteiger charge is -2.34. The lowest BCUT2D eigenvalue weighted by atomic mass is 10.0. The maximum atomic E-state index is 14.3. The van der Waals surface area contributed by atoms with Gasteiger partial charge in [-0.1, -0.05) is 36.4 Å². The van der Waals surface area contributed by atoms with E-state index in [0.29, 0.717) is 81.4 Å². The Hall–Kier alpha value is -4.17. The van der Waals surface area contributed by atoms with Crippen molar-refractivity contribution in [2.45, 2.75) is 25.0 Å². The van der Waals surface area contributed by atoms with E-state index in [2.05, 4.69) is 33.7 Å². The van der Waals surface area contributed by atoms with E-state index in [-0.39, 0.29) is 56.6 Å². The zero-order chi connectivity index (χ0) is 33.7. The van der Waals surface area contributed by atoms with Crippen molar-refractivity contribution in [2.24, 2.45) is 0 Å². The summed E-state index contributed by atoms with van der Waals surface area (Å²) in [5.41, 5.74) is 0.564. The maximum absolute atomic E-state index is 14.3. The highest BCUT2D eigenvalue weighted by atomic mass is 35.5. The molecule has 2 aliphatic rings. The minimum absolute atomic E-state index is 0.0753. The summed E-state index contributed by atoms with van der Waals surface area (Å²) in [5, 5.41) is 7.01. The molecule has 2 aromatic heterocycles. The highest BCUT2D eigenvalue weighted by molar-refractivity contribution is 6.41.